The Balaban J connectivity index is 0.000000156. The van der Waals surface area contributed by atoms with E-state index in [-0.39, 0.29) is 29.2 Å². The predicted octanol–water partition coefficient (Wildman–Crippen LogP) is 1.88. The minimum absolute atomic E-state index is 0.0760. The average molecular weight is 513 g/mol. The van der Waals surface area contributed by atoms with E-state index in [1.165, 1.54) is 22.4 Å². The Morgan fingerprint density at radius 2 is 2.00 bits per heavy atom. The van der Waals surface area contributed by atoms with Gasteiger partial charge < -0.3 is 24.8 Å². The van der Waals surface area contributed by atoms with Crippen LogP contribution in [-0.2, 0) is 11.3 Å². The summed E-state index contributed by atoms with van der Waals surface area (Å²) >= 11 is 1.44. The fourth-order valence-electron chi connectivity index (χ4n) is 4.31. The molecule has 10 nitrogen and oxygen atoms in total. The number of piperidine rings is 1. The second-order valence-corrected chi connectivity index (χ2v) is 9.79. The molecule has 0 aliphatic carbocycles. The normalized spacial score (nSPS) is 17.3. The van der Waals surface area contributed by atoms with Gasteiger partial charge in [-0.25, -0.2) is 9.37 Å². The molecule has 6 heterocycles. The van der Waals surface area contributed by atoms with Gasteiger partial charge in [0.1, 0.15) is 23.6 Å². The first-order valence-electron chi connectivity index (χ1n) is 11.6. The van der Waals surface area contributed by atoms with Gasteiger partial charge in [0.2, 0.25) is 5.91 Å². The number of fused-ring (bicyclic) bond motifs is 1. The van der Waals surface area contributed by atoms with E-state index in [2.05, 4.69) is 32.5 Å². The van der Waals surface area contributed by atoms with E-state index in [0.717, 1.165) is 37.0 Å². The summed E-state index contributed by atoms with van der Waals surface area (Å²) < 4.78 is 20.1. The number of hydrogen-bond acceptors (Lipinski definition) is 8. The van der Waals surface area contributed by atoms with Crippen molar-refractivity contribution >= 4 is 40.4 Å². The van der Waals surface area contributed by atoms with Crippen LogP contribution in [0.1, 0.15) is 23.3 Å². The van der Waals surface area contributed by atoms with E-state index >= 15 is 0 Å². The average Bonchev–Trinajstić information content (AvgIpc) is 2.89. The lowest BCUT2D eigenvalue weighted by molar-refractivity contribution is -0.113. The minimum atomic E-state index is -0.526. The molecule has 12 heteroatoms. The van der Waals surface area contributed by atoms with Crippen LogP contribution in [-0.4, -0.2) is 69.8 Å². The first-order chi connectivity index (χ1) is 17.4. The van der Waals surface area contributed by atoms with Crippen LogP contribution in [0.25, 0.3) is 11.0 Å². The lowest BCUT2D eigenvalue weighted by atomic mass is 10.1. The highest BCUT2D eigenvalue weighted by Crippen LogP contribution is 2.30. The maximum atomic E-state index is 13.4. The molecule has 0 radical (unpaired) electrons. The summed E-state index contributed by atoms with van der Waals surface area (Å²) in [4.78, 5) is 46.5. The Kier molecular flexibility index (Phi) is 6.88. The topological polar surface area (TPSA) is 118 Å². The molecule has 0 bridgehead atoms. The number of pyridine rings is 3. The third-order valence-corrected chi connectivity index (χ3v) is 7.28. The number of halogens is 1. The van der Waals surface area contributed by atoms with E-state index in [1.54, 1.807) is 12.1 Å². The zero-order valence-corrected chi connectivity index (χ0v) is 20.4. The van der Waals surface area contributed by atoms with Gasteiger partial charge in [-0.3, -0.25) is 19.4 Å². The Labute approximate surface area is 210 Å². The molecule has 3 aromatic heterocycles. The highest BCUT2D eigenvalue weighted by atomic mass is 32.2. The monoisotopic (exact) mass is 512 g/mol. The van der Waals surface area contributed by atoms with Gasteiger partial charge in [-0.1, -0.05) is 0 Å². The van der Waals surface area contributed by atoms with E-state index in [0.29, 0.717) is 41.4 Å². The van der Waals surface area contributed by atoms with Crippen molar-refractivity contribution < 1.29 is 18.7 Å². The number of aromatic nitrogens is 3. The summed E-state index contributed by atoms with van der Waals surface area (Å²) in [5, 5.41) is 5.73. The highest BCUT2D eigenvalue weighted by molar-refractivity contribution is 8.00. The zero-order chi connectivity index (χ0) is 25.2. The van der Waals surface area contributed by atoms with Gasteiger partial charge in [0.25, 0.3) is 11.5 Å². The van der Waals surface area contributed by atoms with Gasteiger partial charge in [-0.2, -0.15) is 0 Å². The minimum Gasteiger partial charge on any atom is -0.486 e. The van der Waals surface area contributed by atoms with Crippen molar-refractivity contribution in [2.75, 3.05) is 37.8 Å². The van der Waals surface area contributed by atoms with Crippen molar-refractivity contribution in [2.24, 2.45) is 0 Å². The predicted molar refractivity (Wildman–Crippen MR) is 133 cm³/mol. The molecule has 0 unspecified atom stereocenters. The van der Waals surface area contributed by atoms with E-state index in [9.17, 15) is 18.8 Å². The number of amides is 2. The SMILES string of the molecule is CN1CCC(NC(=O)c2ccc3c(n2)NC(=O)CS3)CC1.O=c1ccc2ncc(F)c3c2n1CCO3. The molecule has 0 aromatic carbocycles. The third kappa shape index (κ3) is 5.05. The molecular formula is C24H25FN6O4S. The largest absolute Gasteiger partial charge is 0.486 e. The van der Waals surface area contributed by atoms with Crippen molar-refractivity contribution in [1.82, 2.24) is 24.8 Å². The molecular weight excluding hydrogens is 487 g/mol. The first kappa shape index (κ1) is 24.2. The molecule has 3 aliphatic rings. The van der Waals surface area contributed by atoms with Crippen LogP contribution in [0.15, 0.2) is 40.2 Å². The van der Waals surface area contributed by atoms with E-state index < -0.39 is 5.82 Å². The van der Waals surface area contributed by atoms with Crippen LogP contribution in [0.3, 0.4) is 0 Å². The van der Waals surface area contributed by atoms with Crippen molar-refractivity contribution in [2.45, 2.75) is 30.3 Å². The van der Waals surface area contributed by atoms with Crippen molar-refractivity contribution in [3.8, 4) is 5.75 Å². The van der Waals surface area contributed by atoms with Crippen LogP contribution in [0.4, 0.5) is 10.2 Å². The van der Waals surface area contributed by atoms with Crippen LogP contribution in [0.5, 0.6) is 5.75 Å². The highest BCUT2D eigenvalue weighted by Gasteiger charge is 2.22. The van der Waals surface area contributed by atoms with Gasteiger partial charge in [-0.15, -0.1) is 11.8 Å². The molecule has 2 N–H and O–H groups in total. The number of ether oxygens (including phenoxy) is 1. The third-order valence-electron chi connectivity index (χ3n) is 6.23. The molecule has 3 aromatic rings. The Morgan fingerprint density at radius 1 is 1.19 bits per heavy atom. The van der Waals surface area contributed by atoms with E-state index in [4.69, 9.17) is 4.74 Å². The maximum absolute atomic E-state index is 13.4. The first-order valence-corrected chi connectivity index (χ1v) is 12.6. The second-order valence-electron chi connectivity index (χ2n) is 8.77. The van der Waals surface area contributed by atoms with Gasteiger partial charge in [0.15, 0.2) is 11.6 Å². The molecule has 36 heavy (non-hydrogen) atoms. The molecule has 1 saturated heterocycles. The van der Waals surface area contributed by atoms with Crippen molar-refractivity contribution in [1.29, 1.82) is 0 Å². The standard InChI is InChI=1S/C14H18N4O2S.C10H7FN2O2/c1-18-6-4-9(5-7-18)15-14(20)10-2-3-11-13(16-10)17-12(19)8-21-11;11-6-5-12-7-1-2-8(14)13-3-4-15-10(6)9(7)13/h2-3,9H,4-8H2,1H3,(H,15,20)(H,16,17,19);1-2,5H,3-4H2. The molecule has 188 valence electrons. The summed E-state index contributed by atoms with van der Waals surface area (Å²) in [5.74, 6) is 0.248. The number of carbonyl (C=O) groups is 2. The lowest BCUT2D eigenvalue weighted by Gasteiger charge is -2.29. The summed E-state index contributed by atoms with van der Waals surface area (Å²) in [7, 11) is 2.09. The Morgan fingerprint density at radius 3 is 2.81 bits per heavy atom. The molecule has 0 atom stereocenters. The Hall–Kier alpha value is -3.51. The van der Waals surface area contributed by atoms with Gasteiger partial charge in [0.05, 0.1) is 28.9 Å². The molecule has 3 aliphatic heterocycles. The van der Waals surface area contributed by atoms with Crippen molar-refractivity contribution in [3.05, 3.63) is 52.3 Å². The fraction of sp³-hybridized carbons (Fsp3) is 0.375. The van der Waals surface area contributed by atoms with Gasteiger partial charge >= 0.3 is 0 Å². The number of nitrogens with one attached hydrogen (secondary N) is 2. The summed E-state index contributed by atoms with van der Waals surface area (Å²) in [6, 6.07) is 6.77. The smallest absolute Gasteiger partial charge is 0.270 e. The fourth-order valence-corrected chi connectivity index (χ4v) is 5.07. The Bertz CT molecular complexity index is 1390. The molecule has 0 spiro atoms. The van der Waals surface area contributed by atoms with Crippen LogP contribution < -0.4 is 20.9 Å². The molecule has 2 amide bonds. The van der Waals surface area contributed by atoms with Crippen LogP contribution in [0.2, 0.25) is 0 Å². The maximum Gasteiger partial charge on any atom is 0.270 e. The quantitative estimate of drug-likeness (QED) is 0.535. The number of thioether (sulfide) groups is 1. The van der Waals surface area contributed by atoms with Crippen LogP contribution in [0, 0.1) is 5.82 Å². The number of nitrogens with zero attached hydrogens (tertiary/aromatic N) is 4. The number of likely N-dealkylation sites (tertiary alicyclic amines) is 1. The summed E-state index contributed by atoms with van der Waals surface area (Å²) in [5.41, 5.74) is 1.23. The molecule has 6 rings (SSSR count). The van der Waals surface area contributed by atoms with Gasteiger partial charge in [-0.05, 0) is 51.2 Å². The number of hydrogen-bond donors (Lipinski definition) is 2. The van der Waals surface area contributed by atoms with Crippen molar-refractivity contribution in [3.63, 3.8) is 0 Å². The lowest BCUT2D eigenvalue weighted by Crippen LogP contribution is -2.43. The second kappa shape index (κ2) is 10.2. The summed E-state index contributed by atoms with van der Waals surface area (Å²) in [6.45, 7) is 2.74. The number of rotatable bonds is 2. The number of anilines is 1. The zero-order valence-electron chi connectivity index (χ0n) is 19.6. The molecule has 0 saturated carbocycles. The number of carbonyl (C=O) groups excluding carboxylic acids is 2. The van der Waals surface area contributed by atoms with Gasteiger partial charge in [0, 0.05) is 12.1 Å². The summed E-state index contributed by atoms with van der Waals surface area (Å²) in [6.07, 6.45) is 3.03. The van der Waals surface area contributed by atoms with Crippen LogP contribution >= 0.6 is 11.8 Å². The molecule has 1 fully saturated rings. The van der Waals surface area contributed by atoms with E-state index in [1.807, 2.05) is 6.07 Å².